The van der Waals surface area contributed by atoms with Crippen LogP contribution in [0.4, 0.5) is 0 Å². The second kappa shape index (κ2) is 7.51. The Hall–Kier alpha value is -0.0800. The lowest BCUT2D eigenvalue weighted by molar-refractivity contribution is -0.114. The summed E-state index contributed by atoms with van der Waals surface area (Å²) in [5, 5.41) is 10.3. The molecular weight excluding hydrogens is 356 g/mol. The van der Waals surface area contributed by atoms with Crippen LogP contribution in [0.3, 0.4) is 0 Å². The van der Waals surface area contributed by atoms with Crippen molar-refractivity contribution in [1.29, 1.82) is 0 Å². The van der Waals surface area contributed by atoms with Gasteiger partial charge in [-0.15, -0.1) is 0 Å². The first-order valence-corrected chi connectivity index (χ1v) is 13.3. The van der Waals surface area contributed by atoms with Crippen LogP contribution in [-0.4, -0.2) is 22.9 Å². The molecule has 4 aliphatic carbocycles. The lowest BCUT2D eigenvalue weighted by atomic mass is 9.44. The normalized spacial score (nSPS) is 53.0. The summed E-state index contributed by atoms with van der Waals surface area (Å²) in [5.74, 6) is 3.66. The Labute approximate surface area is 179 Å². The van der Waals surface area contributed by atoms with Crippen molar-refractivity contribution in [3.05, 3.63) is 0 Å². The van der Waals surface area contributed by atoms with E-state index in [4.69, 9.17) is 4.74 Å². The third-order valence-electron chi connectivity index (χ3n) is 11.2. The van der Waals surface area contributed by atoms with Crippen LogP contribution in [0.1, 0.15) is 117 Å². The number of unbranched alkanes of at least 4 members (excludes halogenated alkanes) is 5. The van der Waals surface area contributed by atoms with Crippen molar-refractivity contribution in [2.45, 2.75) is 135 Å². The summed E-state index contributed by atoms with van der Waals surface area (Å²) in [6, 6.07) is 0. The molecular formula is C27H46O2. The molecule has 5 fully saturated rings. The molecule has 0 aromatic heterocycles. The fourth-order valence-corrected chi connectivity index (χ4v) is 9.41. The summed E-state index contributed by atoms with van der Waals surface area (Å²) in [7, 11) is 0. The fourth-order valence-electron chi connectivity index (χ4n) is 9.41. The highest BCUT2D eigenvalue weighted by Crippen LogP contribution is 2.74. The molecule has 2 heteroatoms. The largest absolute Gasteiger partial charge is 0.393 e. The average Bonchev–Trinajstić information content (AvgIpc) is 3.28. The van der Waals surface area contributed by atoms with Crippen molar-refractivity contribution in [2.75, 3.05) is 0 Å². The maximum atomic E-state index is 10.3. The van der Waals surface area contributed by atoms with E-state index in [9.17, 15) is 5.11 Å². The van der Waals surface area contributed by atoms with Gasteiger partial charge in [0.05, 0.1) is 12.2 Å². The highest BCUT2D eigenvalue weighted by molar-refractivity contribution is 5.24. The highest BCUT2D eigenvalue weighted by Gasteiger charge is 2.75. The van der Waals surface area contributed by atoms with Crippen molar-refractivity contribution >= 4 is 0 Å². The minimum absolute atomic E-state index is 0.0517. The second-order valence-electron chi connectivity index (χ2n) is 12.3. The Morgan fingerprint density at radius 3 is 2.52 bits per heavy atom. The van der Waals surface area contributed by atoms with E-state index in [-0.39, 0.29) is 11.7 Å². The van der Waals surface area contributed by atoms with Gasteiger partial charge in [0.15, 0.2) is 0 Å². The molecule has 29 heavy (non-hydrogen) atoms. The summed E-state index contributed by atoms with van der Waals surface area (Å²) < 4.78 is 6.49. The lowest BCUT2D eigenvalue weighted by Crippen LogP contribution is -2.58. The fraction of sp³-hybridized carbons (Fsp3) is 1.00. The molecule has 1 heterocycles. The average molecular weight is 403 g/mol. The Kier molecular flexibility index (Phi) is 5.38. The molecule has 166 valence electrons. The molecule has 4 saturated carbocycles. The topological polar surface area (TPSA) is 32.8 Å². The first kappa shape index (κ1) is 20.8. The molecule has 5 aliphatic rings. The van der Waals surface area contributed by atoms with E-state index >= 15 is 0 Å². The maximum absolute atomic E-state index is 10.3. The Bertz CT molecular complexity index is 603. The van der Waals surface area contributed by atoms with Gasteiger partial charge in [-0.05, 0) is 80.5 Å². The SMILES string of the molecule is CCCCCCCCC1CCC2C3C[C@@H]4O[C@@]45C[C@@H](O)CC[C@]5(C)C3CC[C@]12C. The standard InChI is InChI=1S/C27H46O2/c1-4-5-6-7-8-9-10-19-11-12-22-21-17-24-27(29-24)18-20(28)13-16-26(27,3)23(21)14-15-25(19,22)2/h19-24,28H,4-18H2,1-3H3/t19?,20-,21?,22?,23?,24-,25+,26+,27-/m0/s1. The molecule has 5 rings (SSSR count). The van der Waals surface area contributed by atoms with Crippen LogP contribution >= 0.6 is 0 Å². The third-order valence-corrected chi connectivity index (χ3v) is 11.2. The van der Waals surface area contributed by atoms with Gasteiger partial charge >= 0.3 is 0 Å². The van der Waals surface area contributed by atoms with E-state index in [1.54, 1.807) is 0 Å². The van der Waals surface area contributed by atoms with Crippen molar-refractivity contribution in [3.8, 4) is 0 Å². The highest BCUT2D eigenvalue weighted by atomic mass is 16.6. The van der Waals surface area contributed by atoms with Gasteiger partial charge in [-0.1, -0.05) is 59.3 Å². The van der Waals surface area contributed by atoms with E-state index in [1.807, 2.05) is 0 Å². The van der Waals surface area contributed by atoms with E-state index in [0.717, 1.165) is 36.5 Å². The van der Waals surface area contributed by atoms with Crippen molar-refractivity contribution in [1.82, 2.24) is 0 Å². The summed E-state index contributed by atoms with van der Waals surface area (Å²) in [6.45, 7) is 7.56. The zero-order chi connectivity index (χ0) is 20.3. The van der Waals surface area contributed by atoms with Gasteiger partial charge < -0.3 is 9.84 Å². The van der Waals surface area contributed by atoms with Gasteiger partial charge in [-0.2, -0.15) is 0 Å². The molecule has 0 aromatic carbocycles. The molecule has 1 saturated heterocycles. The monoisotopic (exact) mass is 402 g/mol. The quantitative estimate of drug-likeness (QED) is 0.371. The minimum Gasteiger partial charge on any atom is -0.393 e. The predicted octanol–water partition coefficient (Wildman–Crippen LogP) is 6.89. The van der Waals surface area contributed by atoms with Gasteiger partial charge in [0.2, 0.25) is 0 Å². The number of aliphatic hydroxyl groups is 1. The van der Waals surface area contributed by atoms with Crippen LogP contribution in [0.25, 0.3) is 0 Å². The Balaban J connectivity index is 1.25. The number of fused-ring (bicyclic) bond motifs is 4. The number of ether oxygens (including phenoxy) is 1. The lowest BCUT2D eigenvalue weighted by Gasteiger charge is -2.59. The van der Waals surface area contributed by atoms with Gasteiger partial charge in [0.25, 0.3) is 0 Å². The maximum Gasteiger partial charge on any atom is 0.103 e. The van der Waals surface area contributed by atoms with Gasteiger partial charge in [0, 0.05) is 11.8 Å². The number of rotatable bonds is 7. The van der Waals surface area contributed by atoms with E-state index < -0.39 is 0 Å². The molecule has 0 amide bonds. The van der Waals surface area contributed by atoms with Gasteiger partial charge in [-0.25, -0.2) is 0 Å². The van der Waals surface area contributed by atoms with Crippen LogP contribution in [0.5, 0.6) is 0 Å². The van der Waals surface area contributed by atoms with Crippen LogP contribution in [0, 0.1) is 34.5 Å². The van der Waals surface area contributed by atoms with E-state index in [1.165, 1.54) is 83.5 Å². The first-order valence-electron chi connectivity index (χ1n) is 13.3. The second-order valence-corrected chi connectivity index (χ2v) is 12.3. The molecule has 2 nitrogen and oxygen atoms in total. The summed E-state index contributed by atoms with van der Waals surface area (Å²) in [6.07, 6.45) is 20.7. The minimum atomic E-state index is -0.119. The van der Waals surface area contributed by atoms with Gasteiger partial charge in [0.1, 0.15) is 5.60 Å². The van der Waals surface area contributed by atoms with Gasteiger partial charge in [-0.3, -0.25) is 0 Å². The molecule has 1 aliphatic heterocycles. The molecule has 4 unspecified atom stereocenters. The zero-order valence-electron chi connectivity index (χ0n) is 19.4. The first-order chi connectivity index (χ1) is 13.9. The molecule has 0 aromatic rings. The van der Waals surface area contributed by atoms with E-state index in [2.05, 4.69) is 20.8 Å². The van der Waals surface area contributed by atoms with Crippen molar-refractivity contribution < 1.29 is 9.84 Å². The van der Waals surface area contributed by atoms with Crippen LogP contribution in [0.2, 0.25) is 0 Å². The predicted molar refractivity (Wildman–Crippen MR) is 119 cm³/mol. The molecule has 0 bridgehead atoms. The number of hydrogen-bond donors (Lipinski definition) is 1. The number of aliphatic hydroxyl groups excluding tert-OH is 1. The van der Waals surface area contributed by atoms with Crippen LogP contribution < -0.4 is 0 Å². The van der Waals surface area contributed by atoms with E-state index in [0.29, 0.717) is 16.9 Å². The van der Waals surface area contributed by atoms with Crippen molar-refractivity contribution in [2.24, 2.45) is 34.5 Å². The van der Waals surface area contributed by atoms with Crippen LogP contribution in [0.15, 0.2) is 0 Å². The van der Waals surface area contributed by atoms with Crippen LogP contribution in [-0.2, 0) is 4.74 Å². The molecule has 1 N–H and O–H groups in total. The van der Waals surface area contributed by atoms with Crippen molar-refractivity contribution in [3.63, 3.8) is 0 Å². The zero-order valence-corrected chi connectivity index (χ0v) is 19.4. The summed E-state index contributed by atoms with van der Waals surface area (Å²) in [5.41, 5.74) is 0.985. The number of epoxide rings is 1. The smallest absolute Gasteiger partial charge is 0.103 e. The Morgan fingerprint density at radius 1 is 0.897 bits per heavy atom. The molecule has 9 atom stereocenters. The molecule has 0 radical (unpaired) electrons. The molecule has 1 spiro atoms. The number of hydrogen-bond acceptors (Lipinski definition) is 2. The summed E-state index contributed by atoms with van der Waals surface area (Å²) >= 11 is 0. The Morgan fingerprint density at radius 2 is 1.69 bits per heavy atom. The summed E-state index contributed by atoms with van der Waals surface area (Å²) in [4.78, 5) is 0. The third kappa shape index (κ3) is 3.09.